The summed E-state index contributed by atoms with van der Waals surface area (Å²) in [5.74, 6) is 0.958. The smallest absolute Gasteiger partial charge is 0.119 e. The van der Waals surface area contributed by atoms with Crippen molar-refractivity contribution in [2.24, 2.45) is 0 Å². The molecule has 108 valence electrons. The van der Waals surface area contributed by atoms with E-state index in [-0.39, 0.29) is 0 Å². The first-order valence-electron chi connectivity index (χ1n) is 7.28. The van der Waals surface area contributed by atoms with Crippen molar-refractivity contribution < 1.29 is 4.74 Å². The number of H-pyrrole nitrogens is 1. The SMILES string of the molecule is CCCCCOc1ccc(CNCc2cn[nH]c2)cc1. The summed E-state index contributed by atoms with van der Waals surface area (Å²) in [6.45, 7) is 4.68. The summed E-state index contributed by atoms with van der Waals surface area (Å²) >= 11 is 0. The van der Waals surface area contributed by atoms with Crippen LogP contribution in [0.25, 0.3) is 0 Å². The number of aromatic amines is 1. The molecular formula is C16H23N3O. The third kappa shape index (κ3) is 5.05. The zero-order valence-corrected chi connectivity index (χ0v) is 12.1. The average molecular weight is 273 g/mol. The third-order valence-corrected chi connectivity index (χ3v) is 3.15. The van der Waals surface area contributed by atoms with E-state index in [2.05, 4.69) is 34.6 Å². The van der Waals surface area contributed by atoms with Gasteiger partial charge < -0.3 is 10.1 Å². The molecule has 2 aromatic rings. The summed E-state index contributed by atoms with van der Waals surface area (Å²) in [5, 5.41) is 10.1. The molecular weight excluding hydrogens is 250 g/mol. The van der Waals surface area contributed by atoms with E-state index in [1.54, 1.807) is 0 Å². The highest BCUT2D eigenvalue weighted by molar-refractivity contribution is 5.27. The topological polar surface area (TPSA) is 49.9 Å². The summed E-state index contributed by atoms with van der Waals surface area (Å²) in [7, 11) is 0. The Kier molecular flexibility index (Phi) is 6.11. The molecule has 0 saturated heterocycles. The van der Waals surface area contributed by atoms with E-state index in [1.165, 1.54) is 24.0 Å². The lowest BCUT2D eigenvalue weighted by Crippen LogP contribution is -2.12. The van der Waals surface area contributed by atoms with Crippen molar-refractivity contribution in [2.45, 2.75) is 39.3 Å². The van der Waals surface area contributed by atoms with Crippen molar-refractivity contribution in [1.82, 2.24) is 15.5 Å². The molecule has 1 aromatic carbocycles. The molecule has 1 heterocycles. The van der Waals surface area contributed by atoms with E-state index >= 15 is 0 Å². The van der Waals surface area contributed by atoms with Crippen LogP contribution in [0.4, 0.5) is 0 Å². The summed E-state index contributed by atoms with van der Waals surface area (Å²) in [6, 6.07) is 8.30. The van der Waals surface area contributed by atoms with E-state index in [9.17, 15) is 0 Å². The second kappa shape index (κ2) is 8.38. The molecule has 2 rings (SSSR count). The number of benzene rings is 1. The second-order valence-corrected chi connectivity index (χ2v) is 4.91. The molecule has 0 radical (unpaired) electrons. The average Bonchev–Trinajstić information content (AvgIpc) is 2.98. The zero-order valence-electron chi connectivity index (χ0n) is 12.1. The van der Waals surface area contributed by atoms with Crippen LogP contribution < -0.4 is 10.1 Å². The normalized spacial score (nSPS) is 10.7. The monoisotopic (exact) mass is 273 g/mol. The Morgan fingerprint density at radius 2 is 1.90 bits per heavy atom. The van der Waals surface area contributed by atoms with Crippen LogP contribution in [0.1, 0.15) is 37.3 Å². The minimum absolute atomic E-state index is 0.811. The number of rotatable bonds is 9. The van der Waals surface area contributed by atoms with Crippen LogP contribution in [-0.2, 0) is 13.1 Å². The van der Waals surface area contributed by atoms with Gasteiger partial charge >= 0.3 is 0 Å². The van der Waals surface area contributed by atoms with Gasteiger partial charge in [-0.3, -0.25) is 5.10 Å². The van der Waals surface area contributed by atoms with Crippen LogP contribution in [0.15, 0.2) is 36.7 Å². The predicted molar refractivity (Wildman–Crippen MR) is 80.6 cm³/mol. The van der Waals surface area contributed by atoms with Gasteiger partial charge in [0.15, 0.2) is 0 Å². The van der Waals surface area contributed by atoms with Crippen LogP contribution in [0.3, 0.4) is 0 Å². The van der Waals surface area contributed by atoms with Gasteiger partial charge in [0.05, 0.1) is 12.8 Å². The first-order chi connectivity index (χ1) is 9.88. The molecule has 4 nitrogen and oxygen atoms in total. The highest BCUT2D eigenvalue weighted by Gasteiger charge is 1.97. The van der Waals surface area contributed by atoms with Crippen LogP contribution in [0.5, 0.6) is 5.75 Å². The van der Waals surface area contributed by atoms with Gasteiger partial charge in [-0.1, -0.05) is 31.9 Å². The molecule has 0 aliphatic carbocycles. The minimum Gasteiger partial charge on any atom is -0.494 e. The van der Waals surface area contributed by atoms with Crippen LogP contribution in [0.2, 0.25) is 0 Å². The number of hydrogen-bond acceptors (Lipinski definition) is 3. The summed E-state index contributed by atoms with van der Waals surface area (Å²) < 4.78 is 5.69. The summed E-state index contributed by atoms with van der Waals surface area (Å²) in [4.78, 5) is 0. The van der Waals surface area contributed by atoms with E-state index < -0.39 is 0 Å². The van der Waals surface area contributed by atoms with Crippen molar-refractivity contribution in [1.29, 1.82) is 0 Å². The van der Waals surface area contributed by atoms with Gasteiger partial charge in [0.2, 0.25) is 0 Å². The Hall–Kier alpha value is -1.81. The molecule has 0 aliphatic heterocycles. The third-order valence-electron chi connectivity index (χ3n) is 3.15. The predicted octanol–water partition coefficient (Wildman–Crippen LogP) is 3.27. The Bertz CT molecular complexity index is 465. The molecule has 0 bridgehead atoms. The molecule has 0 spiro atoms. The summed E-state index contributed by atoms with van der Waals surface area (Å²) in [5.41, 5.74) is 2.43. The zero-order chi connectivity index (χ0) is 14.0. The van der Waals surface area contributed by atoms with E-state index in [0.717, 1.165) is 31.9 Å². The molecule has 0 fully saturated rings. The van der Waals surface area contributed by atoms with Crippen LogP contribution in [0, 0.1) is 0 Å². The fourth-order valence-corrected chi connectivity index (χ4v) is 1.97. The van der Waals surface area contributed by atoms with Gasteiger partial charge in [0.25, 0.3) is 0 Å². The van der Waals surface area contributed by atoms with Gasteiger partial charge in [-0.15, -0.1) is 0 Å². The molecule has 0 saturated carbocycles. The Morgan fingerprint density at radius 3 is 2.60 bits per heavy atom. The maximum Gasteiger partial charge on any atom is 0.119 e. The van der Waals surface area contributed by atoms with Gasteiger partial charge in [-0.05, 0) is 24.1 Å². The van der Waals surface area contributed by atoms with Gasteiger partial charge in [0, 0.05) is 24.8 Å². The number of ether oxygens (including phenoxy) is 1. The largest absolute Gasteiger partial charge is 0.494 e. The number of nitrogens with one attached hydrogen (secondary N) is 2. The second-order valence-electron chi connectivity index (χ2n) is 4.91. The number of nitrogens with zero attached hydrogens (tertiary/aromatic N) is 1. The number of hydrogen-bond donors (Lipinski definition) is 2. The van der Waals surface area contributed by atoms with E-state index in [0.29, 0.717) is 0 Å². The Labute approximate surface area is 120 Å². The number of aromatic nitrogens is 2. The lowest BCUT2D eigenvalue weighted by molar-refractivity contribution is 0.306. The van der Waals surface area contributed by atoms with Crippen LogP contribution in [-0.4, -0.2) is 16.8 Å². The molecule has 0 unspecified atom stereocenters. The molecule has 0 aliphatic rings. The molecule has 2 N–H and O–H groups in total. The molecule has 4 heteroatoms. The van der Waals surface area contributed by atoms with Crippen molar-refractivity contribution >= 4 is 0 Å². The molecule has 0 amide bonds. The van der Waals surface area contributed by atoms with Gasteiger partial charge in [-0.25, -0.2) is 0 Å². The number of unbranched alkanes of at least 4 members (excludes halogenated alkanes) is 2. The van der Waals surface area contributed by atoms with E-state index in [4.69, 9.17) is 4.74 Å². The van der Waals surface area contributed by atoms with Gasteiger partial charge in [-0.2, -0.15) is 5.10 Å². The maximum absolute atomic E-state index is 5.69. The maximum atomic E-state index is 5.69. The molecule has 0 atom stereocenters. The van der Waals surface area contributed by atoms with Gasteiger partial charge in [0.1, 0.15) is 5.75 Å². The van der Waals surface area contributed by atoms with Crippen LogP contribution >= 0.6 is 0 Å². The molecule has 1 aromatic heterocycles. The lowest BCUT2D eigenvalue weighted by Gasteiger charge is -2.07. The first-order valence-corrected chi connectivity index (χ1v) is 7.28. The fourth-order valence-electron chi connectivity index (χ4n) is 1.97. The quantitative estimate of drug-likeness (QED) is 0.689. The highest BCUT2D eigenvalue weighted by atomic mass is 16.5. The van der Waals surface area contributed by atoms with Crippen molar-refractivity contribution in [2.75, 3.05) is 6.61 Å². The fraction of sp³-hybridized carbons (Fsp3) is 0.438. The summed E-state index contributed by atoms with van der Waals surface area (Å²) in [6.07, 6.45) is 7.33. The Balaban J connectivity index is 1.68. The molecule has 20 heavy (non-hydrogen) atoms. The van der Waals surface area contributed by atoms with Crippen molar-refractivity contribution in [3.8, 4) is 5.75 Å². The first kappa shape index (κ1) is 14.6. The standard InChI is InChI=1S/C16H23N3O/c1-2-3-4-9-20-16-7-5-14(6-8-16)10-17-11-15-12-18-19-13-15/h5-8,12-13,17H,2-4,9-11H2,1H3,(H,18,19). The minimum atomic E-state index is 0.811. The highest BCUT2D eigenvalue weighted by Crippen LogP contribution is 2.13. The van der Waals surface area contributed by atoms with E-state index in [1.807, 2.05) is 24.5 Å². The Morgan fingerprint density at radius 1 is 1.10 bits per heavy atom. The lowest BCUT2D eigenvalue weighted by atomic mass is 10.2. The van der Waals surface area contributed by atoms with Crippen molar-refractivity contribution in [3.63, 3.8) is 0 Å². The van der Waals surface area contributed by atoms with Crippen molar-refractivity contribution in [3.05, 3.63) is 47.8 Å².